The van der Waals surface area contributed by atoms with Crippen molar-refractivity contribution in [3.8, 4) is 0 Å². The fourth-order valence-corrected chi connectivity index (χ4v) is 3.32. The molecule has 2 aliphatic rings. The van der Waals surface area contributed by atoms with E-state index >= 15 is 0 Å². The summed E-state index contributed by atoms with van der Waals surface area (Å²) in [5, 5.41) is 0.893. The predicted molar refractivity (Wildman–Crippen MR) is 87.8 cm³/mol. The summed E-state index contributed by atoms with van der Waals surface area (Å²) in [5.74, 6) is 0.0235. The minimum absolute atomic E-state index is 0.0235. The van der Waals surface area contributed by atoms with Crippen molar-refractivity contribution in [2.75, 3.05) is 39.3 Å². The average Bonchev–Trinajstić information content (AvgIpc) is 3.03. The summed E-state index contributed by atoms with van der Waals surface area (Å²) in [6, 6.07) is 5.05. The van der Waals surface area contributed by atoms with Gasteiger partial charge in [-0.05, 0) is 31.0 Å². The number of carbonyl (C=O) groups excluding carboxylic acids is 1. The molecule has 2 aliphatic heterocycles. The molecule has 0 aliphatic carbocycles. The molecule has 0 saturated carbocycles. The van der Waals surface area contributed by atoms with Gasteiger partial charge in [0, 0.05) is 44.9 Å². The Kier molecular flexibility index (Phi) is 5.24. The van der Waals surface area contributed by atoms with Crippen molar-refractivity contribution < 1.29 is 9.53 Å². The normalized spacial score (nSPS) is 23.0. The first kappa shape index (κ1) is 16.1. The van der Waals surface area contributed by atoms with E-state index in [2.05, 4.69) is 4.90 Å². The fourth-order valence-electron chi connectivity index (χ4n) is 3.02. The Hall–Kier alpha value is -0.810. The SMILES string of the molecule is O=C(c1ccc(Cl)c(Cl)c1)N1CCN(CC2CCCO2)CC1. The van der Waals surface area contributed by atoms with Crippen molar-refractivity contribution in [3.63, 3.8) is 0 Å². The summed E-state index contributed by atoms with van der Waals surface area (Å²) < 4.78 is 5.67. The zero-order valence-electron chi connectivity index (χ0n) is 12.4. The number of hydrogen-bond acceptors (Lipinski definition) is 3. The van der Waals surface area contributed by atoms with Crippen LogP contribution in [0.4, 0.5) is 0 Å². The first-order chi connectivity index (χ1) is 10.6. The third-order valence-corrected chi connectivity index (χ3v) is 5.05. The molecule has 0 radical (unpaired) electrons. The fraction of sp³-hybridized carbons (Fsp3) is 0.562. The van der Waals surface area contributed by atoms with Crippen LogP contribution in [0.1, 0.15) is 23.2 Å². The third-order valence-electron chi connectivity index (χ3n) is 4.31. The molecular formula is C16H20Cl2N2O2. The Labute approximate surface area is 140 Å². The van der Waals surface area contributed by atoms with Gasteiger partial charge in [-0.1, -0.05) is 23.2 Å². The molecule has 1 aromatic carbocycles. The summed E-state index contributed by atoms with van der Waals surface area (Å²) >= 11 is 11.9. The molecule has 0 bridgehead atoms. The highest BCUT2D eigenvalue weighted by Gasteiger charge is 2.25. The van der Waals surface area contributed by atoms with E-state index in [4.69, 9.17) is 27.9 Å². The van der Waals surface area contributed by atoms with Crippen LogP contribution in [-0.2, 0) is 4.74 Å². The van der Waals surface area contributed by atoms with Gasteiger partial charge in [0.05, 0.1) is 16.1 Å². The molecule has 120 valence electrons. The minimum atomic E-state index is 0.0235. The highest BCUT2D eigenvalue weighted by atomic mass is 35.5. The number of ether oxygens (including phenoxy) is 1. The quantitative estimate of drug-likeness (QED) is 0.846. The Balaban J connectivity index is 1.53. The van der Waals surface area contributed by atoms with Gasteiger partial charge in [0.1, 0.15) is 0 Å². The minimum Gasteiger partial charge on any atom is -0.377 e. The second-order valence-electron chi connectivity index (χ2n) is 5.86. The number of amides is 1. The molecule has 1 amide bonds. The molecule has 1 unspecified atom stereocenters. The number of carbonyl (C=O) groups is 1. The Morgan fingerprint density at radius 2 is 1.95 bits per heavy atom. The van der Waals surface area contributed by atoms with Crippen molar-refractivity contribution in [2.45, 2.75) is 18.9 Å². The molecule has 1 aromatic rings. The van der Waals surface area contributed by atoms with Gasteiger partial charge in [-0.2, -0.15) is 0 Å². The van der Waals surface area contributed by atoms with E-state index in [1.54, 1.807) is 18.2 Å². The van der Waals surface area contributed by atoms with Gasteiger partial charge in [-0.15, -0.1) is 0 Å². The molecule has 2 fully saturated rings. The second kappa shape index (κ2) is 7.18. The van der Waals surface area contributed by atoms with Gasteiger partial charge < -0.3 is 9.64 Å². The number of rotatable bonds is 3. The van der Waals surface area contributed by atoms with Crippen LogP contribution in [0.3, 0.4) is 0 Å². The van der Waals surface area contributed by atoms with Crippen LogP contribution in [0, 0.1) is 0 Å². The molecule has 4 nitrogen and oxygen atoms in total. The van der Waals surface area contributed by atoms with Gasteiger partial charge in [-0.3, -0.25) is 9.69 Å². The average molecular weight is 343 g/mol. The lowest BCUT2D eigenvalue weighted by atomic mass is 10.1. The van der Waals surface area contributed by atoms with E-state index < -0.39 is 0 Å². The monoisotopic (exact) mass is 342 g/mol. The lowest BCUT2D eigenvalue weighted by molar-refractivity contribution is 0.0433. The highest BCUT2D eigenvalue weighted by Crippen LogP contribution is 2.23. The molecule has 0 aromatic heterocycles. The van der Waals surface area contributed by atoms with E-state index in [1.807, 2.05) is 4.90 Å². The van der Waals surface area contributed by atoms with E-state index in [-0.39, 0.29) is 5.91 Å². The largest absolute Gasteiger partial charge is 0.377 e. The highest BCUT2D eigenvalue weighted by molar-refractivity contribution is 6.42. The van der Waals surface area contributed by atoms with Crippen LogP contribution in [0.2, 0.25) is 10.0 Å². The van der Waals surface area contributed by atoms with Crippen LogP contribution >= 0.6 is 23.2 Å². The summed E-state index contributed by atoms with van der Waals surface area (Å²) in [6.45, 7) is 5.15. The summed E-state index contributed by atoms with van der Waals surface area (Å²) in [5.41, 5.74) is 0.599. The number of benzene rings is 1. The van der Waals surface area contributed by atoms with E-state index in [1.165, 1.54) is 6.42 Å². The molecule has 0 spiro atoms. The van der Waals surface area contributed by atoms with Gasteiger partial charge in [-0.25, -0.2) is 0 Å². The lowest BCUT2D eigenvalue weighted by Crippen LogP contribution is -2.50. The van der Waals surface area contributed by atoms with Crippen molar-refractivity contribution in [1.29, 1.82) is 0 Å². The maximum atomic E-state index is 12.5. The van der Waals surface area contributed by atoms with Crippen LogP contribution in [0.15, 0.2) is 18.2 Å². The van der Waals surface area contributed by atoms with Crippen molar-refractivity contribution in [3.05, 3.63) is 33.8 Å². The molecule has 22 heavy (non-hydrogen) atoms. The number of piperazine rings is 1. The number of halogens is 2. The van der Waals surface area contributed by atoms with E-state index in [0.717, 1.165) is 45.8 Å². The lowest BCUT2D eigenvalue weighted by Gasteiger charge is -2.35. The van der Waals surface area contributed by atoms with E-state index in [0.29, 0.717) is 21.7 Å². The maximum Gasteiger partial charge on any atom is 0.253 e. The van der Waals surface area contributed by atoms with Crippen LogP contribution in [0.5, 0.6) is 0 Å². The van der Waals surface area contributed by atoms with Crippen molar-refractivity contribution in [2.24, 2.45) is 0 Å². The molecule has 6 heteroatoms. The molecule has 0 N–H and O–H groups in total. The van der Waals surface area contributed by atoms with Gasteiger partial charge >= 0.3 is 0 Å². The smallest absolute Gasteiger partial charge is 0.253 e. The van der Waals surface area contributed by atoms with Gasteiger partial charge in [0.25, 0.3) is 5.91 Å². The van der Waals surface area contributed by atoms with Gasteiger partial charge in [0.15, 0.2) is 0 Å². The van der Waals surface area contributed by atoms with Crippen LogP contribution in [-0.4, -0.2) is 61.1 Å². The predicted octanol–water partition coefficient (Wildman–Crippen LogP) is 2.93. The number of hydrogen-bond donors (Lipinski definition) is 0. The molecule has 2 saturated heterocycles. The van der Waals surface area contributed by atoms with Crippen LogP contribution < -0.4 is 0 Å². The molecule has 2 heterocycles. The Morgan fingerprint density at radius 3 is 2.59 bits per heavy atom. The van der Waals surface area contributed by atoms with Crippen molar-refractivity contribution in [1.82, 2.24) is 9.80 Å². The molecule has 3 rings (SSSR count). The zero-order chi connectivity index (χ0) is 15.5. The second-order valence-corrected chi connectivity index (χ2v) is 6.67. The standard InChI is InChI=1S/C16H20Cl2N2O2/c17-14-4-3-12(10-15(14)18)16(21)20-7-5-19(6-8-20)11-13-2-1-9-22-13/h3-4,10,13H,1-2,5-9,11H2. The summed E-state index contributed by atoms with van der Waals surface area (Å²) in [4.78, 5) is 16.8. The van der Waals surface area contributed by atoms with Crippen molar-refractivity contribution >= 4 is 29.1 Å². The van der Waals surface area contributed by atoms with Gasteiger partial charge in [0.2, 0.25) is 0 Å². The molecule has 1 atom stereocenters. The maximum absolute atomic E-state index is 12.5. The summed E-state index contributed by atoms with van der Waals surface area (Å²) in [7, 11) is 0. The topological polar surface area (TPSA) is 32.8 Å². The zero-order valence-corrected chi connectivity index (χ0v) is 13.9. The molecular weight excluding hydrogens is 323 g/mol. The third kappa shape index (κ3) is 3.74. The Morgan fingerprint density at radius 1 is 1.18 bits per heavy atom. The first-order valence-corrected chi connectivity index (χ1v) is 8.47. The summed E-state index contributed by atoms with van der Waals surface area (Å²) in [6.07, 6.45) is 2.69. The van der Waals surface area contributed by atoms with E-state index in [9.17, 15) is 4.79 Å². The van der Waals surface area contributed by atoms with Crippen LogP contribution in [0.25, 0.3) is 0 Å². The number of nitrogens with zero attached hydrogens (tertiary/aromatic N) is 2. The first-order valence-electron chi connectivity index (χ1n) is 7.72. The Bertz CT molecular complexity index is 539.